The van der Waals surface area contributed by atoms with E-state index >= 15 is 0 Å². The van der Waals surface area contributed by atoms with Gasteiger partial charge in [-0.2, -0.15) is 0 Å². The number of aryl methyl sites for hydroxylation is 1. The molecule has 0 aliphatic carbocycles. The molecule has 1 aromatic heterocycles. The first-order valence-electron chi connectivity index (χ1n) is 2.01. The maximum atomic E-state index is 2.41. The summed E-state index contributed by atoms with van der Waals surface area (Å²) in [6.07, 6.45) is 0. The molecule has 38 valence electrons. The van der Waals surface area contributed by atoms with Crippen LogP contribution in [0.2, 0.25) is 0 Å². The Morgan fingerprint density at radius 1 is 1.57 bits per heavy atom. The summed E-state index contributed by atoms with van der Waals surface area (Å²) in [6, 6.07) is 4.45. The van der Waals surface area contributed by atoms with Crippen molar-refractivity contribution in [1.82, 2.24) is 0 Å². The number of hydrogen-bond acceptors (Lipinski definition) is 0. The van der Waals surface area contributed by atoms with E-state index in [2.05, 4.69) is 41.6 Å². The summed E-state index contributed by atoms with van der Waals surface area (Å²) in [4.78, 5) is 0. The molecule has 1 rings (SSSR count). The maximum absolute atomic E-state index is 2.41. The van der Waals surface area contributed by atoms with Gasteiger partial charge in [0.2, 0.25) is 0 Å². The third-order valence-corrected chi connectivity index (χ3v) is 4.80. The fourth-order valence-electron chi connectivity index (χ4n) is 0.405. The summed E-state index contributed by atoms with van der Waals surface area (Å²) in [5.74, 6) is 0. The van der Waals surface area contributed by atoms with Gasteiger partial charge in [-0.25, -0.2) is 0 Å². The Bertz CT molecular complexity index is 140. The molecular formula is C5H5ITe. The van der Waals surface area contributed by atoms with Crippen molar-refractivity contribution in [2.24, 2.45) is 0 Å². The van der Waals surface area contributed by atoms with Crippen molar-refractivity contribution in [3.05, 3.63) is 17.3 Å². The quantitative estimate of drug-likeness (QED) is 0.504. The molecule has 0 amide bonds. The predicted molar refractivity (Wildman–Crippen MR) is 40.8 cm³/mol. The summed E-state index contributed by atoms with van der Waals surface area (Å²) in [7, 11) is 0. The van der Waals surface area contributed by atoms with E-state index in [1.807, 2.05) is 0 Å². The normalized spacial score (nSPS) is 9.43. The van der Waals surface area contributed by atoms with Gasteiger partial charge in [-0.15, -0.1) is 0 Å². The van der Waals surface area contributed by atoms with Crippen LogP contribution in [-0.2, 0) is 0 Å². The summed E-state index contributed by atoms with van der Waals surface area (Å²) >= 11 is 2.58. The molecule has 0 saturated heterocycles. The zero-order chi connectivity index (χ0) is 5.28. The molecule has 1 aromatic rings. The van der Waals surface area contributed by atoms with E-state index in [1.54, 1.807) is 5.17 Å². The second-order valence-electron chi connectivity index (χ2n) is 1.35. The van der Waals surface area contributed by atoms with E-state index in [0.29, 0.717) is 0 Å². The van der Waals surface area contributed by atoms with Crippen molar-refractivity contribution >= 4 is 43.0 Å². The van der Waals surface area contributed by atoms with E-state index in [0.717, 1.165) is 0 Å². The van der Waals surface area contributed by atoms with Crippen LogP contribution in [0, 0.1) is 8.51 Å². The van der Waals surface area contributed by atoms with Crippen LogP contribution < -0.4 is 0 Å². The van der Waals surface area contributed by atoms with E-state index in [1.165, 1.54) is 0 Å². The molecule has 0 nitrogen and oxygen atoms in total. The van der Waals surface area contributed by atoms with Crippen molar-refractivity contribution < 1.29 is 0 Å². The van der Waals surface area contributed by atoms with Crippen LogP contribution in [0.1, 0.15) is 3.58 Å². The molecule has 0 aliphatic heterocycles. The van der Waals surface area contributed by atoms with Crippen molar-refractivity contribution in [1.29, 1.82) is 0 Å². The number of rotatable bonds is 0. The van der Waals surface area contributed by atoms with E-state index in [4.69, 9.17) is 0 Å². The predicted octanol–water partition coefficient (Wildman–Crippen LogP) is 1.66. The van der Waals surface area contributed by atoms with Gasteiger partial charge in [0, 0.05) is 0 Å². The Morgan fingerprint density at radius 3 is 2.43 bits per heavy atom. The molecule has 0 saturated carbocycles. The van der Waals surface area contributed by atoms with E-state index in [-0.39, 0.29) is 20.4 Å². The van der Waals surface area contributed by atoms with Gasteiger partial charge in [-0.1, -0.05) is 0 Å². The Morgan fingerprint density at radius 2 is 2.29 bits per heavy atom. The second kappa shape index (κ2) is 2.52. The Hall–Kier alpha value is 1.000. The second-order valence-corrected chi connectivity index (χ2v) is 8.46. The summed E-state index contributed by atoms with van der Waals surface area (Å²) < 4.78 is 3.19. The third-order valence-electron chi connectivity index (χ3n) is 0.708. The van der Waals surface area contributed by atoms with Crippen molar-refractivity contribution in [3.63, 3.8) is 0 Å². The molecule has 0 bridgehead atoms. The number of halogens is 1. The number of hydrogen-bond donors (Lipinski definition) is 0. The van der Waals surface area contributed by atoms with Gasteiger partial charge in [-0.05, 0) is 0 Å². The third kappa shape index (κ3) is 1.75. The first kappa shape index (κ1) is 6.12. The van der Waals surface area contributed by atoms with Gasteiger partial charge < -0.3 is 0 Å². The summed E-state index contributed by atoms with van der Waals surface area (Å²) in [5.41, 5.74) is 0. The van der Waals surface area contributed by atoms with E-state index < -0.39 is 0 Å². The van der Waals surface area contributed by atoms with Crippen LogP contribution >= 0.6 is 22.6 Å². The minimum atomic E-state index is 0.170. The SMILES string of the molecule is Cc1ccc(I)[te]1. The van der Waals surface area contributed by atoms with Crippen LogP contribution in [0.25, 0.3) is 0 Å². The van der Waals surface area contributed by atoms with Gasteiger partial charge in [0.1, 0.15) is 0 Å². The molecule has 0 spiro atoms. The summed E-state index contributed by atoms with van der Waals surface area (Å²) in [5, 5.41) is 0. The van der Waals surface area contributed by atoms with Crippen LogP contribution in [-0.4, -0.2) is 20.4 Å². The first-order chi connectivity index (χ1) is 3.29. The van der Waals surface area contributed by atoms with Gasteiger partial charge in [0.25, 0.3) is 0 Å². The fraction of sp³-hybridized carbons (Fsp3) is 0.200. The van der Waals surface area contributed by atoms with Crippen LogP contribution in [0.3, 0.4) is 0 Å². The van der Waals surface area contributed by atoms with Gasteiger partial charge in [0.05, 0.1) is 0 Å². The molecule has 7 heavy (non-hydrogen) atoms. The molecule has 0 radical (unpaired) electrons. The standard InChI is InChI=1S/C5H5ITe/c1-4-2-3-5(6)7-4/h2-3H,1H3. The molecule has 0 aliphatic rings. The topological polar surface area (TPSA) is 0 Å². The average Bonchev–Trinajstić information content (AvgIpc) is 1.87. The summed E-state index contributed by atoms with van der Waals surface area (Å²) in [6.45, 7) is 2.21. The monoisotopic (exact) mass is 322 g/mol. The van der Waals surface area contributed by atoms with Gasteiger partial charge in [0.15, 0.2) is 0 Å². The molecule has 0 unspecified atom stereocenters. The van der Waals surface area contributed by atoms with Crippen LogP contribution in [0.5, 0.6) is 0 Å². The molecule has 0 fully saturated rings. The molecular weight excluding hydrogens is 315 g/mol. The first-order valence-corrected chi connectivity index (χ1v) is 5.42. The van der Waals surface area contributed by atoms with Gasteiger partial charge >= 0.3 is 67.2 Å². The Balaban J connectivity index is 3.04. The van der Waals surface area contributed by atoms with E-state index in [9.17, 15) is 0 Å². The fourth-order valence-corrected chi connectivity index (χ4v) is 4.57. The average molecular weight is 320 g/mol. The zero-order valence-corrected chi connectivity index (χ0v) is 8.43. The minimum absolute atomic E-state index is 0.170. The van der Waals surface area contributed by atoms with Crippen molar-refractivity contribution in [2.75, 3.05) is 0 Å². The van der Waals surface area contributed by atoms with Crippen molar-refractivity contribution in [2.45, 2.75) is 6.92 Å². The molecule has 1 heterocycles. The Kier molecular flexibility index (Phi) is 2.20. The Labute approximate surface area is 66.7 Å². The molecule has 0 N–H and O–H groups in total. The molecule has 2 heteroatoms. The van der Waals surface area contributed by atoms with Gasteiger partial charge in [-0.3, -0.25) is 0 Å². The molecule has 0 atom stereocenters. The van der Waals surface area contributed by atoms with Crippen LogP contribution in [0.15, 0.2) is 12.1 Å². The van der Waals surface area contributed by atoms with Crippen molar-refractivity contribution in [3.8, 4) is 0 Å². The van der Waals surface area contributed by atoms with Crippen LogP contribution in [0.4, 0.5) is 0 Å². The zero-order valence-electron chi connectivity index (χ0n) is 3.94. The molecule has 0 aromatic carbocycles.